The van der Waals surface area contributed by atoms with Crippen molar-refractivity contribution in [3.63, 3.8) is 0 Å². The summed E-state index contributed by atoms with van der Waals surface area (Å²) in [6, 6.07) is 7.29. The SMILES string of the molecule is C[C@]12C=C[C@](C)(O1)[C@H]1C(=O)N(c3ccccc3Br)C(=O)[C@@H]12. The number of carbonyl (C=O) groups is 2. The standard InChI is InChI=1S/C16H14BrNO3/c1-15-7-8-16(2,21-15)12-11(15)13(19)18(14(12)20)10-6-4-3-5-9(10)17/h3-8,11-12H,1-2H3/t11-,12-,15-,16+/m1/s1. The first-order chi connectivity index (χ1) is 9.87. The highest BCUT2D eigenvalue weighted by Crippen LogP contribution is 2.57. The number of imide groups is 1. The van der Waals surface area contributed by atoms with Crippen molar-refractivity contribution in [2.75, 3.05) is 4.90 Å². The molecule has 0 saturated carbocycles. The summed E-state index contributed by atoms with van der Waals surface area (Å²) in [5, 5.41) is 0. The van der Waals surface area contributed by atoms with Crippen molar-refractivity contribution in [3.05, 3.63) is 40.9 Å². The Hall–Kier alpha value is -1.46. The topological polar surface area (TPSA) is 46.6 Å². The number of rotatable bonds is 1. The number of fused-ring (bicyclic) bond motifs is 5. The van der Waals surface area contributed by atoms with Gasteiger partial charge in [-0.15, -0.1) is 0 Å². The first-order valence-corrected chi connectivity index (χ1v) is 7.70. The van der Waals surface area contributed by atoms with E-state index in [1.165, 1.54) is 4.90 Å². The lowest BCUT2D eigenvalue weighted by atomic mass is 9.73. The molecule has 3 aliphatic rings. The van der Waals surface area contributed by atoms with Crippen molar-refractivity contribution in [1.82, 2.24) is 0 Å². The number of hydrogen-bond acceptors (Lipinski definition) is 3. The van der Waals surface area contributed by atoms with Gasteiger partial charge in [-0.1, -0.05) is 24.3 Å². The van der Waals surface area contributed by atoms with Gasteiger partial charge in [0, 0.05) is 4.47 Å². The third-order valence-corrected chi connectivity index (χ3v) is 5.49. The number of hydrogen-bond donors (Lipinski definition) is 0. The van der Waals surface area contributed by atoms with Crippen LogP contribution < -0.4 is 4.90 Å². The fraction of sp³-hybridized carbons (Fsp3) is 0.375. The zero-order valence-corrected chi connectivity index (χ0v) is 13.3. The Morgan fingerprint density at radius 2 is 1.57 bits per heavy atom. The summed E-state index contributed by atoms with van der Waals surface area (Å²) in [6.07, 6.45) is 3.84. The van der Waals surface area contributed by atoms with Crippen LogP contribution in [-0.4, -0.2) is 23.0 Å². The molecule has 0 aromatic heterocycles. The van der Waals surface area contributed by atoms with Gasteiger partial charge in [0.15, 0.2) is 0 Å². The van der Waals surface area contributed by atoms with Crippen LogP contribution in [0.4, 0.5) is 5.69 Å². The molecular weight excluding hydrogens is 334 g/mol. The summed E-state index contributed by atoms with van der Waals surface area (Å²) in [7, 11) is 0. The fourth-order valence-corrected chi connectivity index (χ4v) is 4.36. The molecule has 4 rings (SSSR count). The molecule has 2 bridgehead atoms. The van der Waals surface area contributed by atoms with Crippen molar-refractivity contribution in [3.8, 4) is 0 Å². The lowest BCUT2D eigenvalue weighted by Gasteiger charge is -2.25. The molecule has 4 nitrogen and oxygen atoms in total. The van der Waals surface area contributed by atoms with Gasteiger partial charge >= 0.3 is 0 Å². The van der Waals surface area contributed by atoms with Crippen LogP contribution in [-0.2, 0) is 14.3 Å². The van der Waals surface area contributed by atoms with Crippen molar-refractivity contribution in [2.45, 2.75) is 25.0 Å². The second kappa shape index (κ2) is 3.84. The zero-order valence-electron chi connectivity index (χ0n) is 11.7. The number of anilines is 1. The van der Waals surface area contributed by atoms with Gasteiger partial charge in [0.05, 0.1) is 28.7 Å². The van der Waals surface area contributed by atoms with Gasteiger partial charge in [-0.3, -0.25) is 9.59 Å². The molecule has 5 heteroatoms. The summed E-state index contributed by atoms with van der Waals surface area (Å²) in [5.41, 5.74) is -0.752. The van der Waals surface area contributed by atoms with E-state index < -0.39 is 23.0 Å². The van der Waals surface area contributed by atoms with Gasteiger partial charge in [0.1, 0.15) is 0 Å². The molecule has 3 heterocycles. The van der Waals surface area contributed by atoms with Crippen molar-refractivity contribution >= 4 is 33.4 Å². The van der Waals surface area contributed by atoms with Crippen molar-refractivity contribution in [2.24, 2.45) is 11.8 Å². The van der Waals surface area contributed by atoms with Crippen LogP contribution in [0.25, 0.3) is 0 Å². The molecule has 0 radical (unpaired) electrons. The smallest absolute Gasteiger partial charge is 0.241 e. The summed E-state index contributed by atoms with van der Waals surface area (Å²) in [6.45, 7) is 3.77. The molecule has 1 aromatic carbocycles. The molecule has 4 atom stereocenters. The Kier molecular flexibility index (Phi) is 2.42. The van der Waals surface area contributed by atoms with E-state index >= 15 is 0 Å². The Bertz CT molecular complexity index is 679. The normalized spacial score (nSPS) is 40.2. The second-order valence-corrected chi connectivity index (χ2v) is 7.08. The Morgan fingerprint density at radius 3 is 2.10 bits per heavy atom. The zero-order chi connectivity index (χ0) is 15.0. The predicted octanol–water partition coefficient (Wildman–Crippen LogP) is 2.67. The molecule has 1 aromatic rings. The molecule has 108 valence electrons. The number of ether oxygens (including phenoxy) is 1. The number of nitrogens with zero attached hydrogens (tertiary/aromatic N) is 1. The van der Waals surface area contributed by atoms with Crippen LogP contribution in [0, 0.1) is 11.8 Å². The second-order valence-electron chi connectivity index (χ2n) is 6.22. The maximum absolute atomic E-state index is 12.9. The predicted molar refractivity (Wildman–Crippen MR) is 80.7 cm³/mol. The first-order valence-electron chi connectivity index (χ1n) is 6.90. The van der Waals surface area contributed by atoms with Gasteiger partial charge in [-0.05, 0) is 41.9 Å². The number of benzene rings is 1. The first kappa shape index (κ1) is 13.2. The highest BCUT2D eigenvalue weighted by Gasteiger charge is 2.70. The van der Waals surface area contributed by atoms with Gasteiger partial charge in [-0.25, -0.2) is 4.90 Å². The average molecular weight is 348 g/mol. The maximum atomic E-state index is 12.9. The van der Waals surface area contributed by atoms with E-state index in [0.717, 1.165) is 4.47 Å². The van der Waals surface area contributed by atoms with E-state index in [2.05, 4.69) is 15.9 Å². The summed E-state index contributed by atoms with van der Waals surface area (Å²) >= 11 is 3.42. The molecule has 0 N–H and O–H groups in total. The number of para-hydroxylation sites is 1. The van der Waals surface area contributed by atoms with E-state index in [9.17, 15) is 9.59 Å². The Morgan fingerprint density at radius 1 is 1.05 bits per heavy atom. The molecule has 0 unspecified atom stereocenters. The minimum atomic E-state index is -0.678. The summed E-state index contributed by atoms with van der Waals surface area (Å²) in [5.74, 6) is -1.22. The molecule has 0 aliphatic carbocycles. The number of carbonyl (C=O) groups excluding carboxylic acids is 2. The quantitative estimate of drug-likeness (QED) is 0.579. The van der Waals surface area contributed by atoms with Gasteiger partial charge in [0.25, 0.3) is 0 Å². The van der Waals surface area contributed by atoms with Crippen LogP contribution >= 0.6 is 15.9 Å². The van der Waals surface area contributed by atoms with Crippen molar-refractivity contribution in [1.29, 1.82) is 0 Å². The minimum absolute atomic E-state index is 0.174. The van der Waals surface area contributed by atoms with E-state index in [0.29, 0.717) is 5.69 Å². The van der Waals surface area contributed by atoms with Crippen molar-refractivity contribution < 1.29 is 14.3 Å². The third-order valence-electron chi connectivity index (χ3n) is 4.82. The Labute approximate surface area is 130 Å². The number of halogens is 1. The molecule has 2 amide bonds. The maximum Gasteiger partial charge on any atom is 0.241 e. The monoisotopic (exact) mass is 347 g/mol. The van der Waals surface area contributed by atoms with Crippen LogP contribution in [0.2, 0.25) is 0 Å². The van der Waals surface area contributed by atoms with Crippen LogP contribution in [0.1, 0.15) is 13.8 Å². The average Bonchev–Trinajstić information content (AvgIpc) is 2.97. The van der Waals surface area contributed by atoms with Gasteiger partial charge < -0.3 is 4.74 Å². The van der Waals surface area contributed by atoms with E-state index in [4.69, 9.17) is 4.74 Å². The fourth-order valence-electron chi connectivity index (χ4n) is 3.90. The van der Waals surface area contributed by atoms with Crippen LogP contribution in [0.15, 0.2) is 40.9 Å². The Balaban J connectivity index is 1.85. The van der Waals surface area contributed by atoms with E-state index in [1.54, 1.807) is 6.07 Å². The van der Waals surface area contributed by atoms with E-state index in [1.807, 2.05) is 44.2 Å². The summed E-state index contributed by atoms with van der Waals surface area (Å²) < 4.78 is 6.72. The summed E-state index contributed by atoms with van der Waals surface area (Å²) in [4.78, 5) is 27.0. The highest BCUT2D eigenvalue weighted by atomic mass is 79.9. The van der Waals surface area contributed by atoms with Crippen LogP contribution in [0.3, 0.4) is 0 Å². The van der Waals surface area contributed by atoms with Gasteiger partial charge in [-0.2, -0.15) is 0 Å². The lowest BCUT2D eigenvalue weighted by molar-refractivity contribution is -0.128. The molecule has 2 fully saturated rings. The number of amides is 2. The van der Waals surface area contributed by atoms with E-state index in [-0.39, 0.29) is 11.8 Å². The highest BCUT2D eigenvalue weighted by molar-refractivity contribution is 9.10. The molecule has 0 spiro atoms. The third kappa shape index (κ3) is 1.48. The molecule has 3 aliphatic heterocycles. The lowest BCUT2D eigenvalue weighted by Crippen LogP contribution is -2.39. The largest absolute Gasteiger partial charge is 0.359 e. The minimum Gasteiger partial charge on any atom is -0.359 e. The van der Waals surface area contributed by atoms with Gasteiger partial charge in [0.2, 0.25) is 11.8 Å². The molecular formula is C16H14BrNO3. The molecule has 21 heavy (non-hydrogen) atoms. The molecule has 2 saturated heterocycles. The van der Waals surface area contributed by atoms with Crippen LogP contribution in [0.5, 0.6) is 0 Å².